The molecule has 0 aromatic heterocycles. The molecule has 0 amide bonds. The summed E-state index contributed by atoms with van der Waals surface area (Å²) < 4.78 is 0. The number of phenolic OH excluding ortho intramolecular Hbond substituents is 2. The molecule has 2 aromatic carbocycles. The van der Waals surface area contributed by atoms with Crippen LogP contribution < -0.4 is 0 Å². The molecule has 2 aliphatic rings. The summed E-state index contributed by atoms with van der Waals surface area (Å²) in [6.07, 6.45) is 0. The van der Waals surface area contributed by atoms with Crippen molar-refractivity contribution in [3.63, 3.8) is 0 Å². The fraction of sp³-hybridized carbons (Fsp3) is 0.125. The van der Waals surface area contributed by atoms with E-state index in [9.17, 15) is 10.2 Å². The van der Waals surface area contributed by atoms with Gasteiger partial charge in [0.25, 0.3) is 0 Å². The molecule has 0 fully saturated rings. The summed E-state index contributed by atoms with van der Waals surface area (Å²) in [5.41, 5.74) is 0.959. The van der Waals surface area contributed by atoms with Gasteiger partial charge in [0.1, 0.15) is 32.3 Å². The highest BCUT2D eigenvalue weighted by atomic mass is 35.5. The van der Waals surface area contributed by atoms with Crippen LogP contribution in [0.4, 0.5) is 0 Å². The summed E-state index contributed by atoms with van der Waals surface area (Å²) in [6, 6.07) is 6.18. The zero-order valence-electron chi connectivity index (χ0n) is 12.6. The van der Waals surface area contributed by atoms with E-state index >= 15 is 0 Å². The molecule has 2 heterocycles. The first-order chi connectivity index (χ1) is 12.3. The van der Waals surface area contributed by atoms with Crippen molar-refractivity contribution in [2.24, 2.45) is 9.98 Å². The molecular weight excluding hydrogens is 458 g/mol. The number of nitrogens with zero attached hydrogens (tertiary/aromatic N) is 2. The van der Waals surface area contributed by atoms with Crippen LogP contribution in [0.3, 0.4) is 0 Å². The van der Waals surface area contributed by atoms with Gasteiger partial charge in [-0.15, -0.1) is 0 Å². The predicted octanol–water partition coefficient (Wildman–Crippen LogP) is 6.05. The van der Waals surface area contributed by atoms with Gasteiger partial charge >= 0.3 is 0 Å². The molecular formula is C16H8Cl4N2O2S2. The normalized spacial score (nSPS) is 21.5. The Bertz CT molecular complexity index is 917. The molecule has 10 heteroatoms. The average molecular weight is 466 g/mol. The first-order valence-corrected chi connectivity index (χ1v) is 10.5. The van der Waals surface area contributed by atoms with Crippen molar-refractivity contribution in [2.45, 2.75) is 10.7 Å². The van der Waals surface area contributed by atoms with E-state index < -0.39 is 0 Å². The van der Waals surface area contributed by atoms with E-state index in [1.54, 1.807) is 12.1 Å². The summed E-state index contributed by atoms with van der Waals surface area (Å²) in [4.78, 5) is 9.23. The molecule has 0 radical (unpaired) electrons. The zero-order valence-corrected chi connectivity index (χ0v) is 17.2. The molecule has 2 aliphatic heterocycles. The molecule has 0 saturated heterocycles. The minimum absolute atomic E-state index is 0.0595. The van der Waals surface area contributed by atoms with Gasteiger partial charge in [-0.3, -0.25) is 9.98 Å². The molecule has 2 atom stereocenters. The van der Waals surface area contributed by atoms with E-state index in [1.807, 2.05) is 0 Å². The SMILES string of the molecule is Oc1c(Cl)cc(Cl)cc1C1=NC2SC(c3cc(Cl)cc(Cl)c3O)=NC2S1. The molecule has 4 nitrogen and oxygen atoms in total. The molecule has 2 unspecified atom stereocenters. The quantitative estimate of drug-likeness (QED) is 0.566. The van der Waals surface area contributed by atoms with E-state index in [0.717, 1.165) is 0 Å². The Labute approximate surface area is 177 Å². The van der Waals surface area contributed by atoms with E-state index in [1.165, 1.54) is 35.7 Å². The predicted molar refractivity (Wildman–Crippen MR) is 112 cm³/mol. The van der Waals surface area contributed by atoms with Crippen LogP contribution in [0, 0.1) is 0 Å². The molecule has 26 heavy (non-hydrogen) atoms. The molecule has 0 saturated carbocycles. The Hall–Kier alpha value is -0.760. The largest absolute Gasteiger partial charge is 0.506 e. The van der Waals surface area contributed by atoms with Crippen molar-refractivity contribution in [3.05, 3.63) is 55.5 Å². The van der Waals surface area contributed by atoms with Crippen LogP contribution in [0.25, 0.3) is 0 Å². The summed E-state index contributed by atoms with van der Waals surface area (Å²) in [5, 5.41) is 22.4. The van der Waals surface area contributed by atoms with E-state index in [4.69, 9.17) is 46.4 Å². The Morgan fingerprint density at radius 3 is 1.46 bits per heavy atom. The fourth-order valence-corrected chi connectivity index (χ4v) is 6.04. The highest BCUT2D eigenvalue weighted by molar-refractivity contribution is 8.20. The molecule has 134 valence electrons. The van der Waals surface area contributed by atoms with Crippen molar-refractivity contribution in [1.82, 2.24) is 0 Å². The lowest BCUT2D eigenvalue weighted by molar-refractivity contribution is 0.474. The van der Waals surface area contributed by atoms with E-state index in [-0.39, 0.29) is 32.3 Å². The highest BCUT2D eigenvalue weighted by Gasteiger charge is 2.39. The van der Waals surface area contributed by atoms with Gasteiger partial charge in [0.05, 0.1) is 21.2 Å². The maximum Gasteiger partial charge on any atom is 0.144 e. The van der Waals surface area contributed by atoms with Crippen LogP contribution in [0.5, 0.6) is 11.5 Å². The van der Waals surface area contributed by atoms with Crippen molar-refractivity contribution in [3.8, 4) is 11.5 Å². The van der Waals surface area contributed by atoms with Gasteiger partial charge in [-0.25, -0.2) is 0 Å². The standard InChI is InChI=1S/C16H8Cl4N2O2S2/c17-5-1-7(11(23)9(19)3-5)13-21-15-16(25-13)22-14(26-15)8-2-6(18)4-10(20)12(8)24/h1-4,15-16,23-24H. The van der Waals surface area contributed by atoms with Gasteiger partial charge in [0.2, 0.25) is 0 Å². The third kappa shape index (κ3) is 3.28. The Kier molecular flexibility index (Phi) is 5.01. The number of hydrogen-bond donors (Lipinski definition) is 2. The van der Waals surface area contributed by atoms with Gasteiger partial charge in [0.15, 0.2) is 0 Å². The second-order valence-corrected chi connectivity index (χ2v) is 9.35. The Morgan fingerprint density at radius 1 is 0.692 bits per heavy atom. The van der Waals surface area contributed by atoms with Crippen LogP contribution >= 0.6 is 69.9 Å². The topological polar surface area (TPSA) is 65.2 Å². The molecule has 2 N–H and O–H groups in total. The molecule has 2 aromatic rings. The Balaban J connectivity index is 1.63. The molecule has 0 spiro atoms. The third-order valence-corrected chi connectivity index (χ3v) is 7.21. The lowest BCUT2D eigenvalue weighted by Crippen LogP contribution is -2.03. The van der Waals surface area contributed by atoms with E-state index in [0.29, 0.717) is 31.3 Å². The smallest absolute Gasteiger partial charge is 0.144 e. The van der Waals surface area contributed by atoms with Crippen molar-refractivity contribution in [1.29, 1.82) is 0 Å². The summed E-state index contributed by atoms with van der Waals surface area (Å²) in [5.74, 6) is -0.119. The number of aromatic hydroxyl groups is 2. The monoisotopic (exact) mass is 464 g/mol. The number of phenols is 2. The second kappa shape index (κ2) is 7.00. The second-order valence-electron chi connectivity index (χ2n) is 5.45. The number of thioether (sulfide) groups is 2. The molecule has 0 bridgehead atoms. The van der Waals surface area contributed by atoms with Crippen LogP contribution in [0.15, 0.2) is 34.3 Å². The van der Waals surface area contributed by atoms with Crippen LogP contribution in [-0.4, -0.2) is 31.0 Å². The highest BCUT2D eigenvalue weighted by Crippen LogP contribution is 2.47. The maximum absolute atomic E-state index is 10.2. The molecule has 4 rings (SSSR count). The Morgan fingerprint density at radius 2 is 1.08 bits per heavy atom. The summed E-state index contributed by atoms with van der Waals surface area (Å²) >= 11 is 26.8. The van der Waals surface area contributed by atoms with Gasteiger partial charge in [-0.05, 0) is 24.3 Å². The number of benzene rings is 2. The summed E-state index contributed by atoms with van der Waals surface area (Å²) in [7, 11) is 0. The first-order valence-electron chi connectivity index (χ1n) is 7.19. The van der Waals surface area contributed by atoms with Crippen LogP contribution in [0.1, 0.15) is 11.1 Å². The van der Waals surface area contributed by atoms with Crippen molar-refractivity contribution < 1.29 is 10.2 Å². The average Bonchev–Trinajstić information content (AvgIpc) is 3.13. The lowest BCUT2D eigenvalue weighted by Gasteiger charge is -2.08. The van der Waals surface area contributed by atoms with Gasteiger partial charge in [-0.2, -0.15) is 0 Å². The van der Waals surface area contributed by atoms with Crippen LogP contribution in [0.2, 0.25) is 20.1 Å². The lowest BCUT2D eigenvalue weighted by atomic mass is 10.2. The zero-order chi connectivity index (χ0) is 18.6. The summed E-state index contributed by atoms with van der Waals surface area (Å²) in [6.45, 7) is 0. The van der Waals surface area contributed by atoms with E-state index in [2.05, 4.69) is 9.98 Å². The van der Waals surface area contributed by atoms with Crippen LogP contribution in [-0.2, 0) is 0 Å². The van der Waals surface area contributed by atoms with Gasteiger partial charge in [-0.1, -0.05) is 69.9 Å². The molecule has 0 aliphatic carbocycles. The van der Waals surface area contributed by atoms with Crippen molar-refractivity contribution in [2.75, 3.05) is 0 Å². The number of halogens is 4. The maximum atomic E-state index is 10.2. The number of rotatable bonds is 2. The van der Waals surface area contributed by atoms with Gasteiger partial charge < -0.3 is 10.2 Å². The van der Waals surface area contributed by atoms with Crippen molar-refractivity contribution >= 4 is 80.0 Å². The first kappa shape index (κ1) is 18.6. The minimum Gasteiger partial charge on any atom is -0.506 e. The fourth-order valence-electron chi connectivity index (χ4n) is 2.54. The number of fused-ring (bicyclic) bond motifs is 1. The van der Waals surface area contributed by atoms with Gasteiger partial charge in [0, 0.05) is 10.0 Å². The number of hydrogen-bond acceptors (Lipinski definition) is 6. The third-order valence-electron chi connectivity index (χ3n) is 3.71. The number of aliphatic imine (C=N–C) groups is 2. The minimum atomic E-state index is -0.195.